The summed E-state index contributed by atoms with van der Waals surface area (Å²) in [6.45, 7) is 7.51. The summed E-state index contributed by atoms with van der Waals surface area (Å²) < 4.78 is 10.6. The van der Waals surface area contributed by atoms with Crippen LogP contribution in [-0.2, 0) is 11.3 Å². The van der Waals surface area contributed by atoms with E-state index >= 15 is 0 Å². The molecular weight excluding hydrogens is 228 g/mol. The van der Waals surface area contributed by atoms with Crippen molar-refractivity contribution in [3.05, 3.63) is 24.2 Å². The molecule has 1 aromatic heterocycles. The fourth-order valence-electron chi connectivity index (χ4n) is 2.47. The van der Waals surface area contributed by atoms with Gasteiger partial charge in [-0.2, -0.15) is 0 Å². The zero-order chi connectivity index (χ0) is 12.8. The van der Waals surface area contributed by atoms with E-state index in [1.54, 1.807) is 12.5 Å². The fraction of sp³-hybridized carbons (Fsp3) is 0.714. The predicted octanol–water partition coefficient (Wildman–Crippen LogP) is 1.73. The standard InChI is InChI=1S/C14H24N2O2/c1-12-3-6-16(10-14(12)17-2)7-5-15-9-13-4-8-18-11-13/h4,8,11-12,14-15H,3,5-7,9-10H2,1-2H3. The number of likely N-dealkylation sites (tertiary alicyclic amines) is 1. The molecule has 1 fully saturated rings. The molecule has 18 heavy (non-hydrogen) atoms. The molecule has 0 aliphatic carbocycles. The molecule has 2 heterocycles. The molecule has 0 bridgehead atoms. The van der Waals surface area contributed by atoms with Gasteiger partial charge in [0.1, 0.15) is 0 Å². The van der Waals surface area contributed by atoms with Gasteiger partial charge in [-0.25, -0.2) is 0 Å². The summed E-state index contributed by atoms with van der Waals surface area (Å²) >= 11 is 0. The van der Waals surface area contributed by atoms with E-state index in [1.165, 1.54) is 18.5 Å². The molecule has 0 radical (unpaired) electrons. The number of methoxy groups -OCH3 is 1. The van der Waals surface area contributed by atoms with Crippen molar-refractivity contribution in [3.63, 3.8) is 0 Å². The SMILES string of the molecule is COC1CN(CCNCc2ccoc2)CCC1C. The molecule has 0 amide bonds. The summed E-state index contributed by atoms with van der Waals surface area (Å²) in [5.41, 5.74) is 1.21. The first kappa shape index (κ1) is 13.6. The summed E-state index contributed by atoms with van der Waals surface area (Å²) in [5.74, 6) is 0.685. The van der Waals surface area contributed by atoms with Gasteiger partial charge in [0.05, 0.1) is 18.6 Å². The van der Waals surface area contributed by atoms with E-state index in [4.69, 9.17) is 9.15 Å². The van der Waals surface area contributed by atoms with E-state index in [9.17, 15) is 0 Å². The summed E-state index contributed by atoms with van der Waals surface area (Å²) in [7, 11) is 1.82. The highest BCUT2D eigenvalue weighted by Gasteiger charge is 2.25. The summed E-state index contributed by atoms with van der Waals surface area (Å²) in [5, 5.41) is 3.44. The number of rotatable bonds is 6. The number of hydrogen-bond acceptors (Lipinski definition) is 4. The van der Waals surface area contributed by atoms with Gasteiger partial charge in [0, 0.05) is 38.9 Å². The van der Waals surface area contributed by atoms with E-state index < -0.39 is 0 Å². The lowest BCUT2D eigenvalue weighted by molar-refractivity contribution is -0.00443. The number of hydrogen-bond donors (Lipinski definition) is 1. The third-order valence-electron chi connectivity index (χ3n) is 3.79. The Kier molecular flexibility index (Phi) is 5.23. The van der Waals surface area contributed by atoms with E-state index in [0.717, 1.165) is 26.2 Å². The van der Waals surface area contributed by atoms with Crippen molar-refractivity contribution in [3.8, 4) is 0 Å². The maximum absolute atomic E-state index is 5.52. The van der Waals surface area contributed by atoms with Gasteiger partial charge in [-0.05, 0) is 24.9 Å². The van der Waals surface area contributed by atoms with Gasteiger partial charge in [0.25, 0.3) is 0 Å². The molecule has 1 aliphatic rings. The van der Waals surface area contributed by atoms with Gasteiger partial charge in [-0.1, -0.05) is 6.92 Å². The van der Waals surface area contributed by atoms with Gasteiger partial charge in [0.15, 0.2) is 0 Å². The average molecular weight is 252 g/mol. The van der Waals surface area contributed by atoms with Crippen LogP contribution in [0.1, 0.15) is 18.9 Å². The van der Waals surface area contributed by atoms with Crippen LogP contribution in [-0.4, -0.2) is 44.3 Å². The highest BCUT2D eigenvalue weighted by Crippen LogP contribution is 2.18. The molecule has 2 rings (SSSR count). The van der Waals surface area contributed by atoms with Crippen LogP contribution in [0.25, 0.3) is 0 Å². The van der Waals surface area contributed by atoms with Gasteiger partial charge < -0.3 is 14.5 Å². The van der Waals surface area contributed by atoms with Gasteiger partial charge in [-0.15, -0.1) is 0 Å². The highest BCUT2D eigenvalue weighted by atomic mass is 16.5. The van der Waals surface area contributed by atoms with Crippen LogP contribution in [0.4, 0.5) is 0 Å². The van der Waals surface area contributed by atoms with Crippen molar-refractivity contribution >= 4 is 0 Å². The summed E-state index contributed by atoms with van der Waals surface area (Å²) in [4.78, 5) is 2.48. The molecule has 1 aromatic rings. The third-order valence-corrected chi connectivity index (χ3v) is 3.79. The molecule has 2 atom stereocenters. The molecule has 1 N–H and O–H groups in total. The van der Waals surface area contributed by atoms with Crippen LogP contribution in [0.2, 0.25) is 0 Å². The predicted molar refractivity (Wildman–Crippen MR) is 71.4 cm³/mol. The van der Waals surface area contributed by atoms with Crippen LogP contribution < -0.4 is 5.32 Å². The molecule has 0 saturated carbocycles. The average Bonchev–Trinajstić information content (AvgIpc) is 2.89. The lowest BCUT2D eigenvalue weighted by atomic mass is 9.96. The molecule has 2 unspecified atom stereocenters. The Labute approximate surface area is 109 Å². The second-order valence-corrected chi connectivity index (χ2v) is 5.15. The molecular formula is C14H24N2O2. The van der Waals surface area contributed by atoms with Crippen LogP contribution in [0.3, 0.4) is 0 Å². The van der Waals surface area contributed by atoms with Crippen molar-refractivity contribution in [2.24, 2.45) is 5.92 Å². The van der Waals surface area contributed by atoms with Crippen molar-refractivity contribution in [2.45, 2.75) is 26.0 Å². The minimum absolute atomic E-state index is 0.396. The number of nitrogens with zero attached hydrogens (tertiary/aromatic N) is 1. The Morgan fingerprint density at radius 2 is 2.44 bits per heavy atom. The quantitative estimate of drug-likeness (QED) is 0.782. The zero-order valence-electron chi connectivity index (χ0n) is 11.4. The van der Waals surface area contributed by atoms with E-state index in [0.29, 0.717) is 12.0 Å². The topological polar surface area (TPSA) is 37.6 Å². The smallest absolute Gasteiger partial charge is 0.0947 e. The molecule has 4 heteroatoms. The van der Waals surface area contributed by atoms with Crippen molar-refractivity contribution in [1.29, 1.82) is 0 Å². The summed E-state index contributed by atoms with van der Waals surface area (Å²) in [6, 6.07) is 2.00. The largest absolute Gasteiger partial charge is 0.472 e. The van der Waals surface area contributed by atoms with Gasteiger partial charge in [-0.3, -0.25) is 4.90 Å². The molecule has 0 aromatic carbocycles. The number of furan rings is 1. The first-order valence-corrected chi connectivity index (χ1v) is 6.76. The normalized spacial score (nSPS) is 25.4. The maximum Gasteiger partial charge on any atom is 0.0947 e. The highest BCUT2D eigenvalue weighted by molar-refractivity contribution is 5.04. The Balaban J connectivity index is 1.62. The molecule has 1 saturated heterocycles. The van der Waals surface area contributed by atoms with Gasteiger partial charge in [0.2, 0.25) is 0 Å². The zero-order valence-corrected chi connectivity index (χ0v) is 11.4. The van der Waals surface area contributed by atoms with Crippen molar-refractivity contribution in [1.82, 2.24) is 10.2 Å². The molecule has 0 spiro atoms. The first-order chi connectivity index (χ1) is 8.79. The first-order valence-electron chi connectivity index (χ1n) is 6.76. The minimum Gasteiger partial charge on any atom is -0.472 e. The van der Waals surface area contributed by atoms with Crippen molar-refractivity contribution in [2.75, 3.05) is 33.3 Å². The Bertz CT molecular complexity index is 327. The maximum atomic E-state index is 5.52. The van der Waals surface area contributed by atoms with E-state index in [2.05, 4.69) is 17.1 Å². The third kappa shape index (κ3) is 3.83. The number of nitrogens with one attached hydrogen (secondary N) is 1. The van der Waals surface area contributed by atoms with Crippen LogP contribution in [0.15, 0.2) is 23.0 Å². The second kappa shape index (κ2) is 6.92. The lowest BCUT2D eigenvalue weighted by Gasteiger charge is -2.36. The molecule has 4 nitrogen and oxygen atoms in total. The lowest BCUT2D eigenvalue weighted by Crippen LogP contribution is -2.45. The van der Waals surface area contributed by atoms with Crippen molar-refractivity contribution < 1.29 is 9.15 Å². The van der Waals surface area contributed by atoms with Crippen LogP contribution >= 0.6 is 0 Å². The molecule has 1 aliphatic heterocycles. The van der Waals surface area contributed by atoms with E-state index in [-0.39, 0.29) is 0 Å². The molecule has 102 valence electrons. The van der Waals surface area contributed by atoms with E-state index in [1.807, 2.05) is 13.2 Å². The fourth-order valence-corrected chi connectivity index (χ4v) is 2.47. The second-order valence-electron chi connectivity index (χ2n) is 5.15. The number of ether oxygens (including phenoxy) is 1. The van der Waals surface area contributed by atoms with Crippen LogP contribution in [0, 0.1) is 5.92 Å². The van der Waals surface area contributed by atoms with Gasteiger partial charge >= 0.3 is 0 Å². The Morgan fingerprint density at radius 1 is 1.56 bits per heavy atom. The monoisotopic (exact) mass is 252 g/mol. The van der Waals surface area contributed by atoms with Crippen LogP contribution in [0.5, 0.6) is 0 Å². The Morgan fingerprint density at radius 3 is 3.17 bits per heavy atom. The Hall–Kier alpha value is -0.840. The number of piperidine rings is 1. The summed E-state index contributed by atoms with van der Waals surface area (Å²) in [6.07, 6.45) is 5.14. The minimum atomic E-state index is 0.396.